The molecule has 2 aromatic carbocycles. The first-order valence-electron chi connectivity index (χ1n) is 12.8. The Hall–Kier alpha value is -3.77. The third-order valence-corrected chi connectivity index (χ3v) is 9.21. The molecule has 0 saturated carbocycles. The molecule has 1 spiro atoms. The van der Waals surface area contributed by atoms with Crippen LogP contribution in [0, 0.1) is 5.92 Å². The third kappa shape index (κ3) is 4.37. The number of amidine groups is 1. The van der Waals surface area contributed by atoms with Crippen molar-refractivity contribution in [2.24, 2.45) is 18.0 Å². The maximum Gasteiger partial charge on any atom is 0.409 e. The molecule has 2 amide bonds. The number of rotatable bonds is 5. The first kappa shape index (κ1) is 25.5. The van der Waals surface area contributed by atoms with Crippen molar-refractivity contribution in [3.05, 3.63) is 54.2 Å². The Morgan fingerprint density at radius 3 is 2.46 bits per heavy atom. The Bertz CT molecular complexity index is 1610. The number of carbonyl (C=O) groups excluding carboxylic acids is 2. The fourth-order valence-electron chi connectivity index (χ4n) is 5.76. The molecule has 0 aliphatic carbocycles. The number of aromatic nitrogens is 2. The Labute approximate surface area is 226 Å². The summed E-state index contributed by atoms with van der Waals surface area (Å²) in [5.74, 6) is 0.379. The second-order valence-corrected chi connectivity index (χ2v) is 12.6. The first-order chi connectivity index (χ1) is 18.6. The highest BCUT2D eigenvalue weighted by atomic mass is 32.2. The number of nitrogens with zero attached hydrogens (tertiary/aromatic N) is 6. The average molecular weight is 551 g/mol. The monoisotopic (exact) mass is 550 g/mol. The lowest BCUT2D eigenvalue weighted by Gasteiger charge is -2.43. The topological polar surface area (TPSA) is 117 Å². The van der Waals surface area contributed by atoms with Crippen molar-refractivity contribution >= 4 is 38.8 Å². The minimum Gasteiger partial charge on any atom is -0.453 e. The highest BCUT2D eigenvalue weighted by molar-refractivity contribution is 7.88. The summed E-state index contributed by atoms with van der Waals surface area (Å²) in [5, 5.41) is 5.37. The van der Waals surface area contributed by atoms with Gasteiger partial charge in [-0.3, -0.25) is 14.4 Å². The maximum atomic E-state index is 13.7. The van der Waals surface area contributed by atoms with Crippen molar-refractivity contribution in [2.45, 2.75) is 12.0 Å². The molecule has 6 rings (SSSR count). The number of sulfonamides is 1. The molecule has 1 aromatic heterocycles. The van der Waals surface area contributed by atoms with Gasteiger partial charge in [0.2, 0.25) is 10.0 Å². The van der Waals surface area contributed by atoms with Gasteiger partial charge in [0, 0.05) is 37.6 Å². The summed E-state index contributed by atoms with van der Waals surface area (Å²) >= 11 is 0. The van der Waals surface area contributed by atoms with Gasteiger partial charge >= 0.3 is 6.09 Å². The van der Waals surface area contributed by atoms with Gasteiger partial charge in [0.25, 0.3) is 5.91 Å². The van der Waals surface area contributed by atoms with Crippen LogP contribution in [0.5, 0.6) is 0 Å². The number of aliphatic imine (C=N–C) groups is 1. The summed E-state index contributed by atoms with van der Waals surface area (Å²) in [6, 6.07) is 14.1. The summed E-state index contributed by atoms with van der Waals surface area (Å²) in [5.41, 5.74) is 2.89. The summed E-state index contributed by atoms with van der Waals surface area (Å²) in [6.07, 6.45) is 3.23. The fraction of sp³-hybridized carbons (Fsp3) is 0.407. The van der Waals surface area contributed by atoms with Gasteiger partial charge in [-0.1, -0.05) is 30.3 Å². The van der Waals surface area contributed by atoms with Crippen molar-refractivity contribution in [1.29, 1.82) is 0 Å². The Balaban J connectivity index is 1.28. The Morgan fingerprint density at radius 2 is 1.79 bits per heavy atom. The number of fused-ring (bicyclic) bond motifs is 1. The first-order valence-corrected chi connectivity index (χ1v) is 14.7. The average Bonchev–Trinajstić information content (AvgIpc) is 3.60. The highest BCUT2D eigenvalue weighted by Crippen LogP contribution is 2.36. The van der Waals surface area contributed by atoms with Gasteiger partial charge in [-0.2, -0.15) is 5.10 Å². The van der Waals surface area contributed by atoms with Crippen LogP contribution in [0.3, 0.4) is 0 Å². The quantitative estimate of drug-likeness (QED) is 0.479. The lowest BCUT2D eigenvalue weighted by Crippen LogP contribution is -2.66. The van der Waals surface area contributed by atoms with Gasteiger partial charge in [-0.15, -0.1) is 0 Å². The Kier molecular flexibility index (Phi) is 5.99. The van der Waals surface area contributed by atoms with Crippen molar-refractivity contribution < 1.29 is 22.7 Å². The summed E-state index contributed by atoms with van der Waals surface area (Å²) in [7, 11) is -0.0677. The number of aryl methyl sites for hydroxylation is 1. The predicted molar refractivity (Wildman–Crippen MR) is 146 cm³/mol. The molecule has 0 radical (unpaired) electrons. The SMILES string of the molecule is COC(=O)N1CC2(C1)N=C(c1ccc(-c3ccc4c(cnn4C)c3)cc1)N(CC1CCN(S(C)(=O)=O)C1)C2=O. The van der Waals surface area contributed by atoms with Gasteiger partial charge in [0.15, 0.2) is 5.54 Å². The smallest absolute Gasteiger partial charge is 0.409 e. The van der Waals surface area contributed by atoms with Gasteiger partial charge in [0.05, 0.1) is 38.2 Å². The number of hydrogen-bond donors (Lipinski definition) is 0. The number of benzene rings is 2. The number of ether oxygens (including phenoxy) is 1. The fourth-order valence-corrected chi connectivity index (χ4v) is 6.68. The van der Waals surface area contributed by atoms with E-state index in [1.54, 1.807) is 4.90 Å². The molecule has 0 bridgehead atoms. The molecule has 2 saturated heterocycles. The summed E-state index contributed by atoms with van der Waals surface area (Å²) < 4.78 is 32.2. The summed E-state index contributed by atoms with van der Waals surface area (Å²) in [4.78, 5) is 33.7. The van der Waals surface area contributed by atoms with Crippen molar-refractivity contribution in [1.82, 2.24) is 23.9 Å². The summed E-state index contributed by atoms with van der Waals surface area (Å²) in [6.45, 7) is 1.48. The number of hydrogen-bond acceptors (Lipinski definition) is 7. The van der Waals surface area contributed by atoms with Gasteiger partial charge in [-0.05, 0) is 35.6 Å². The normalized spacial score (nSPS) is 21.1. The highest BCUT2D eigenvalue weighted by Gasteiger charge is 2.58. The van der Waals surface area contributed by atoms with E-state index in [2.05, 4.69) is 17.2 Å². The standard InChI is InChI=1S/C27H30N6O5S/c1-30-23-9-8-21(12-22(23)13-28-30)19-4-6-20(7-5-19)24-29-27(16-31(17-27)26(35)38-2)25(34)33(24)15-18-10-11-32(14-18)39(3,36)37/h4-9,12-13,18H,10-11,14-17H2,1-3H3. The van der Waals surface area contributed by atoms with E-state index in [1.807, 2.05) is 48.3 Å². The van der Waals surface area contributed by atoms with E-state index in [4.69, 9.17) is 9.73 Å². The molecule has 12 heteroatoms. The maximum absolute atomic E-state index is 13.7. The van der Waals surface area contributed by atoms with Crippen LogP contribution < -0.4 is 0 Å². The zero-order chi connectivity index (χ0) is 27.5. The molecular weight excluding hydrogens is 520 g/mol. The minimum atomic E-state index is -3.29. The Morgan fingerprint density at radius 1 is 1.10 bits per heavy atom. The van der Waals surface area contributed by atoms with Crippen LogP contribution in [-0.4, -0.2) is 102 Å². The number of methoxy groups -OCH3 is 1. The van der Waals surface area contributed by atoms with E-state index in [-0.39, 0.29) is 24.9 Å². The molecule has 3 aromatic rings. The van der Waals surface area contributed by atoms with Crippen LogP contribution in [0.15, 0.2) is 53.7 Å². The molecule has 11 nitrogen and oxygen atoms in total. The lowest BCUT2D eigenvalue weighted by atomic mass is 9.90. The molecule has 3 aliphatic rings. The van der Waals surface area contributed by atoms with Gasteiger partial charge < -0.3 is 9.64 Å². The van der Waals surface area contributed by atoms with Crippen LogP contribution in [0.4, 0.5) is 4.79 Å². The molecule has 1 atom stereocenters. The molecular formula is C27H30N6O5S. The second-order valence-electron chi connectivity index (χ2n) is 10.6. The third-order valence-electron chi connectivity index (χ3n) is 7.94. The molecule has 39 heavy (non-hydrogen) atoms. The van der Waals surface area contributed by atoms with Crippen LogP contribution in [0.2, 0.25) is 0 Å². The second kappa shape index (κ2) is 9.16. The number of amides is 2. The van der Waals surface area contributed by atoms with Crippen LogP contribution in [0.25, 0.3) is 22.0 Å². The van der Waals surface area contributed by atoms with E-state index in [9.17, 15) is 18.0 Å². The largest absolute Gasteiger partial charge is 0.453 e. The zero-order valence-electron chi connectivity index (χ0n) is 22.1. The van der Waals surface area contributed by atoms with E-state index in [0.717, 1.165) is 27.6 Å². The van der Waals surface area contributed by atoms with E-state index in [1.165, 1.54) is 22.6 Å². The van der Waals surface area contributed by atoms with Gasteiger partial charge in [0.1, 0.15) is 5.84 Å². The van der Waals surface area contributed by atoms with Crippen molar-refractivity contribution in [3.63, 3.8) is 0 Å². The van der Waals surface area contributed by atoms with E-state index in [0.29, 0.717) is 31.9 Å². The van der Waals surface area contributed by atoms with Crippen LogP contribution in [0.1, 0.15) is 12.0 Å². The molecule has 0 N–H and O–H groups in total. The van der Waals surface area contributed by atoms with Crippen LogP contribution in [-0.2, 0) is 26.6 Å². The zero-order valence-corrected chi connectivity index (χ0v) is 22.9. The van der Waals surface area contributed by atoms with Gasteiger partial charge in [-0.25, -0.2) is 22.5 Å². The van der Waals surface area contributed by atoms with Crippen molar-refractivity contribution in [2.75, 3.05) is 46.1 Å². The van der Waals surface area contributed by atoms with E-state index >= 15 is 0 Å². The molecule has 204 valence electrons. The number of likely N-dealkylation sites (tertiary alicyclic amines) is 1. The molecule has 3 aliphatic heterocycles. The van der Waals surface area contributed by atoms with Crippen LogP contribution >= 0.6 is 0 Å². The minimum absolute atomic E-state index is 0.00806. The van der Waals surface area contributed by atoms with E-state index < -0.39 is 21.7 Å². The van der Waals surface area contributed by atoms with Crippen molar-refractivity contribution in [3.8, 4) is 11.1 Å². The number of carbonyl (C=O) groups is 2. The molecule has 1 unspecified atom stereocenters. The molecule has 2 fully saturated rings. The predicted octanol–water partition coefficient (Wildman–Crippen LogP) is 1.93. The molecule has 4 heterocycles. The lowest BCUT2D eigenvalue weighted by molar-refractivity contribution is -0.136.